The molecule has 1 aromatic heterocycles. The van der Waals surface area contributed by atoms with E-state index in [1.807, 2.05) is 42.5 Å². The summed E-state index contributed by atoms with van der Waals surface area (Å²) in [5.41, 5.74) is 4.70. The Morgan fingerprint density at radius 3 is 2.52 bits per heavy atom. The van der Waals surface area contributed by atoms with E-state index in [0.29, 0.717) is 17.4 Å². The maximum Gasteiger partial charge on any atom is 0.262 e. The molecule has 150 valence electrons. The summed E-state index contributed by atoms with van der Waals surface area (Å²) < 4.78 is 5.59. The number of rotatable bonds is 5. The number of hydrogen-bond donors (Lipinski definition) is 2. The molecular weight excluding hydrogens is 364 g/mol. The number of aromatic nitrogens is 1. The zero-order chi connectivity index (χ0) is 20.4. The van der Waals surface area contributed by atoms with E-state index in [4.69, 9.17) is 4.74 Å². The largest absolute Gasteiger partial charge is 0.484 e. The van der Waals surface area contributed by atoms with Crippen LogP contribution in [0.5, 0.6) is 5.75 Å². The second-order valence-electron chi connectivity index (χ2n) is 7.94. The van der Waals surface area contributed by atoms with Gasteiger partial charge >= 0.3 is 0 Å². The van der Waals surface area contributed by atoms with Gasteiger partial charge in [0.25, 0.3) is 11.5 Å². The highest BCUT2D eigenvalue weighted by Crippen LogP contribution is 2.27. The summed E-state index contributed by atoms with van der Waals surface area (Å²) in [6.45, 7) is 4.20. The molecule has 2 aromatic carbocycles. The van der Waals surface area contributed by atoms with Crippen LogP contribution in [0.25, 0.3) is 10.9 Å². The lowest BCUT2D eigenvalue weighted by Gasteiger charge is -2.17. The number of pyridine rings is 1. The van der Waals surface area contributed by atoms with Crippen molar-refractivity contribution < 1.29 is 9.53 Å². The molecule has 0 fully saturated rings. The number of nitrogens with one attached hydrogen (secondary N) is 2. The number of H-pyrrole nitrogens is 1. The van der Waals surface area contributed by atoms with Gasteiger partial charge < -0.3 is 15.0 Å². The lowest BCUT2D eigenvalue weighted by Crippen LogP contribution is -2.21. The number of fused-ring (bicyclic) bond motifs is 3. The van der Waals surface area contributed by atoms with Gasteiger partial charge in [0.1, 0.15) is 5.75 Å². The summed E-state index contributed by atoms with van der Waals surface area (Å²) >= 11 is 0. The summed E-state index contributed by atoms with van der Waals surface area (Å²) in [4.78, 5) is 27.6. The van der Waals surface area contributed by atoms with Gasteiger partial charge in [-0.15, -0.1) is 0 Å². The number of amides is 1. The van der Waals surface area contributed by atoms with Crippen molar-refractivity contribution in [1.29, 1.82) is 0 Å². The van der Waals surface area contributed by atoms with Gasteiger partial charge in [-0.05, 0) is 67.0 Å². The second-order valence-corrected chi connectivity index (χ2v) is 7.94. The van der Waals surface area contributed by atoms with E-state index in [1.54, 1.807) is 0 Å². The van der Waals surface area contributed by atoms with Crippen molar-refractivity contribution in [3.05, 3.63) is 69.5 Å². The standard InChI is InChI=1S/C24H26N2O3/c1-15(2)16-7-10-18(11-8-16)29-14-23(27)25-17-9-12-20-19-5-3-4-6-21(19)24(28)26-22(20)13-17/h7-13,15H,3-6,14H2,1-2H3,(H,25,27)(H,26,28). The maximum atomic E-state index is 12.4. The number of ether oxygens (including phenoxy) is 1. The Morgan fingerprint density at radius 1 is 1.07 bits per heavy atom. The van der Waals surface area contributed by atoms with E-state index >= 15 is 0 Å². The Hall–Kier alpha value is -3.08. The SMILES string of the molecule is CC(C)c1ccc(OCC(=O)Nc2ccc3c4c(c(=O)[nH]c3c2)CCCC4)cc1. The first-order chi connectivity index (χ1) is 14.0. The van der Waals surface area contributed by atoms with Crippen molar-refractivity contribution >= 4 is 22.5 Å². The third-order valence-electron chi connectivity index (χ3n) is 5.54. The monoisotopic (exact) mass is 390 g/mol. The molecule has 0 bridgehead atoms. The second kappa shape index (κ2) is 8.11. The minimum absolute atomic E-state index is 0.0103. The smallest absolute Gasteiger partial charge is 0.262 e. The minimum atomic E-state index is -0.238. The van der Waals surface area contributed by atoms with E-state index < -0.39 is 0 Å². The Morgan fingerprint density at radius 2 is 1.79 bits per heavy atom. The topological polar surface area (TPSA) is 71.2 Å². The molecule has 0 atom stereocenters. The van der Waals surface area contributed by atoms with Crippen molar-refractivity contribution in [2.24, 2.45) is 0 Å². The van der Waals surface area contributed by atoms with Crippen molar-refractivity contribution in [2.45, 2.75) is 45.4 Å². The number of carbonyl (C=O) groups is 1. The van der Waals surface area contributed by atoms with Gasteiger partial charge in [-0.3, -0.25) is 9.59 Å². The van der Waals surface area contributed by atoms with Crippen LogP contribution in [0, 0.1) is 0 Å². The molecule has 1 heterocycles. The molecule has 0 aliphatic heterocycles. The van der Waals surface area contributed by atoms with Crippen LogP contribution in [0.2, 0.25) is 0 Å². The van der Waals surface area contributed by atoms with Crippen molar-refractivity contribution in [3.63, 3.8) is 0 Å². The van der Waals surface area contributed by atoms with Crippen molar-refractivity contribution in [3.8, 4) is 5.75 Å². The van der Waals surface area contributed by atoms with Crippen LogP contribution in [-0.4, -0.2) is 17.5 Å². The third-order valence-corrected chi connectivity index (χ3v) is 5.54. The molecule has 3 aromatic rings. The molecule has 0 saturated heterocycles. The third kappa shape index (κ3) is 4.19. The molecule has 1 amide bonds. The first kappa shape index (κ1) is 19.2. The highest BCUT2D eigenvalue weighted by Gasteiger charge is 2.16. The fourth-order valence-electron chi connectivity index (χ4n) is 3.93. The van der Waals surface area contributed by atoms with Crippen molar-refractivity contribution in [2.75, 3.05) is 11.9 Å². The molecule has 29 heavy (non-hydrogen) atoms. The summed E-state index contributed by atoms with van der Waals surface area (Å²) in [5, 5.41) is 3.92. The quantitative estimate of drug-likeness (QED) is 0.671. The number of hydrogen-bond acceptors (Lipinski definition) is 3. The lowest BCUT2D eigenvalue weighted by atomic mass is 9.90. The van der Waals surface area contributed by atoms with Gasteiger partial charge in [0.2, 0.25) is 0 Å². The van der Waals surface area contributed by atoms with Crippen molar-refractivity contribution in [1.82, 2.24) is 4.98 Å². The van der Waals surface area contributed by atoms with Gasteiger partial charge in [-0.25, -0.2) is 0 Å². The summed E-state index contributed by atoms with van der Waals surface area (Å²) in [5.74, 6) is 0.883. The predicted octanol–water partition coefficient (Wildman–Crippen LogP) is 4.55. The minimum Gasteiger partial charge on any atom is -0.484 e. The molecule has 0 spiro atoms. The molecule has 0 unspecified atom stereocenters. The lowest BCUT2D eigenvalue weighted by molar-refractivity contribution is -0.118. The van der Waals surface area contributed by atoms with Gasteiger partial charge in [0.05, 0.1) is 5.52 Å². The van der Waals surface area contributed by atoms with Crippen LogP contribution in [0.4, 0.5) is 5.69 Å². The van der Waals surface area contributed by atoms with E-state index in [9.17, 15) is 9.59 Å². The number of benzene rings is 2. The first-order valence-electron chi connectivity index (χ1n) is 10.2. The van der Waals surface area contributed by atoms with Gasteiger partial charge in [-0.2, -0.15) is 0 Å². The number of carbonyl (C=O) groups excluding carboxylic acids is 1. The fraction of sp³-hybridized carbons (Fsp3) is 0.333. The Bertz CT molecular complexity index is 1100. The summed E-state index contributed by atoms with van der Waals surface area (Å²) in [7, 11) is 0. The highest BCUT2D eigenvalue weighted by atomic mass is 16.5. The van der Waals surface area contributed by atoms with E-state index in [2.05, 4.69) is 24.1 Å². The average Bonchev–Trinajstić information content (AvgIpc) is 2.72. The number of aryl methyl sites for hydroxylation is 1. The number of aromatic amines is 1. The fourth-order valence-corrected chi connectivity index (χ4v) is 3.93. The van der Waals surface area contributed by atoms with Crippen LogP contribution < -0.4 is 15.6 Å². The number of anilines is 1. The van der Waals surface area contributed by atoms with Gasteiger partial charge in [-0.1, -0.05) is 32.0 Å². The average molecular weight is 390 g/mol. The molecular formula is C24H26N2O3. The van der Waals surface area contributed by atoms with Crippen LogP contribution >= 0.6 is 0 Å². The highest BCUT2D eigenvalue weighted by molar-refractivity contribution is 5.95. The van der Waals surface area contributed by atoms with Crippen LogP contribution in [0.15, 0.2) is 47.3 Å². The zero-order valence-electron chi connectivity index (χ0n) is 16.9. The molecule has 0 radical (unpaired) electrons. The van der Waals surface area contributed by atoms with Crippen LogP contribution in [-0.2, 0) is 17.6 Å². The molecule has 5 heteroatoms. The predicted molar refractivity (Wildman–Crippen MR) is 116 cm³/mol. The first-order valence-corrected chi connectivity index (χ1v) is 10.2. The van der Waals surface area contributed by atoms with E-state index in [-0.39, 0.29) is 18.1 Å². The summed E-state index contributed by atoms with van der Waals surface area (Å²) in [6.07, 6.45) is 3.95. The van der Waals surface area contributed by atoms with Gasteiger partial charge in [0, 0.05) is 16.6 Å². The Balaban J connectivity index is 1.45. The molecule has 0 saturated carbocycles. The molecule has 1 aliphatic carbocycles. The molecule has 5 nitrogen and oxygen atoms in total. The zero-order valence-corrected chi connectivity index (χ0v) is 16.9. The Kier molecular flexibility index (Phi) is 5.38. The molecule has 1 aliphatic rings. The Labute approximate surface area is 170 Å². The summed E-state index contributed by atoms with van der Waals surface area (Å²) in [6, 6.07) is 13.5. The maximum absolute atomic E-state index is 12.4. The van der Waals surface area contributed by atoms with Crippen LogP contribution in [0.1, 0.15) is 49.3 Å². The van der Waals surface area contributed by atoms with E-state index in [0.717, 1.165) is 47.7 Å². The van der Waals surface area contributed by atoms with Crippen LogP contribution in [0.3, 0.4) is 0 Å². The molecule has 2 N–H and O–H groups in total. The normalized spacial score (nSPS) is 13.3. The molecule has 4 rings (SSSR count). The van der Waals surface area contributed by atoms with Gasteiger partial charge in [0.15, 0.2) is 6.61 Å². The van der Waals surface area contributed by atoms with E-state index in [1.165, 1.54) is 5.56 Å².